The van der Waals surface area contributed by atoms with Gasteiger partial charge in [-0.25, -0.2) is 0 Å². The summed E-state index contributed by atoms with van der Waals surface area (Å²) < 4.78 is 5.41. The second kappa shape index (κ2) is 8.89. The fraction of sp³-hybridized carbons (Fsp3) is 0.357. The van der Waals surface area contributed by atoms with Crippen LogP contribution in [0.3, 0.4) is 0 Å². The van der Waals surface area contributed by atoms with Crippen molar-refractivity contribution in [2.45, 2.75) is 52.9 Å². The lowest BCUT2D eigenvalue weighted by molar-refractivity contribution is -0.118. The second-order valence-electron chi connectivity index (χ2n) is 9.68. The van der Waals surface area contributed by atoms with Crippen LogP contribution in [0.15, 0.2) is 71.1 Å². The number of dihydropyridines is 1. The Labute approximate surface area is 195 Å². The summed E-state index contributed by atoms with van der Waals surface area (Å²) in [7, 11) is 1.58. The Kier molecular flexibility index (Phi) is 6.15. The number of ketones is 1. The van der Waals surface area contributed by atoms with Crippen molar-refractivity contribution >= 4 is 17.4 Å². The third-order valence-corrected chi connectivity index (χ3v) is 6.56. The minimum Gasteiger partial charge on any atom is -0.495 e. The van der Waals surface area contributed by atoms with Crippen molar-refractivity contribution in [3.05, 3.63) is 82.2 Å². The summed E-state index contributed by atoms with van der Waals surface area (Å²) in [6.07, 6.45) is 2.18. The molecule has 33 heavy (non-hydrogen) atoms. The number of hydrogen-bond donors (Lipinski definition) is 2. The monoisotopic (exact) mass is 444 g/mol. The Bertz CT molecular complexity index is 1160. The summed E-state index contributed by atoms with van der Waals surface area (Å²) in [4.78, 5) is 27.1. The molecule has 2 aliphatic rings. The lowest BCUT2D eigenvalue weighted by Crippen LogP contribution is -2.39. The van der Waals surface area contributed by atoms with Gasteiger partial charge < -0.3 is 15.4 Å². The van der Waals surface area contributed by atoms with Crippen LogP contribution in [0.2, 0.25) is 0 Å². The molecule has 1 heterocycles. The predicted molar refractivity (Wildman–Crippen MR) is 131 cm³/mol. The number of anilines is 1. The summed E-state index contributed by atoms with van der Waals surface area (Å²) >= 11 is 0. The molecule has 2 N–H and O–H groups in total. The molecular formula is C28H32N2O3. The Morgan fingerprint density at radius 2 is 1.82 bits per heavy atom. The van der Waals surface area contributed by atoms with E-state index >= 15 is 0 Å². The van der Waals surface area contributed by atoms with Crippen LogP contribution in [-0.2, 0) is 16.0 Å². The maximum absolute atomic E-state index is 13.7. The van der Waals surface area contributed by atoms with E-state index in [1.807, 2.05) is 31.2 Å². The smallest absolute Gasteiger partial charge is 0.254 e. The summed E-state index contributed by atoms with van der Waals surface area (Å²) in [6.45, 7) is 8.26. The van der Waals surface area contributed by atoms with E-state index in [-0.39, 0.29) is 17.1 Å². The molecule has 0 radical (unpaired) electrons. The fourth-order valence-electron chi connectivity index (χ4n) is 4.95. The molecule has 5 heteroatoms. The third-order valence-electron chi connectivity index (χ3n) is 6.56. The molecule has 0 bridgehead atoms. The van der Waals surface area contributed by atoms with Gasteiger partial charge in [0.15, 0.2) is 5.78 Å². The number of benzene rings is 2. The zero-order valence-corrected chi connectivity index (χ0v) is 20.0. The number of allylic oxidation sites excluding steroid dienone is 3. The highest BCUT2D eigenvalue weighted by Crippen LogP contribution is 2.46. The van der Waals surface area contributed by atoms with Crippen LogP contribution in [0.25, 0.3) is 0 Å². The first kappa shape index (κ1) is 22.8. The van der Waals surface area contributed by atoms with Crippen LogP contribution >= 0.6 is 0 Å². The van der Waals surface area contributed by atoms with Crippen LogP contribution in [0.4, 0.5) is 5.69 Å². The second-order valence-corrected chi connectivity index (χ2v) is 9.68. The standard InChI is InChI=1S/C28H32N2O3/c1-6-18-11-13-19(14-12-18)25-24(27(32)30-20-9-7-8-10-23(20)33-5)17(2)29-21-15-28(3,4)16-22(31)26(21)25/h7-14,25,29H,6,15-16H2,1-5H3,(H,30,32). The van der Waals surface area contributed by atoms with E-state index in [0.717, 1.165) is 29.8 Å². The number of carbonyl (C=O) groups is 2. The molecule has 2 aromatic rings. The highest BCUT2D eigenvalue weighted by atomic mass is 16.5. The van der Waals surface area contributed by atoms with Gasteiger partial charge in [0, 0.05) is 34.9 Å². The maximum atomic E-state index is 13.7. The summed E-state index contributed by atoms with van der Waals surface area (Å²) in [5, 5.41) is 6.43. The quantitative estimate of drug-likeness (QED) is 0.639. The first-order valence-electron chi connectivity index (χ1n) is 11.5. The van der Waals surface area contributed by atoms with Gasteiger partial charge in [-0.1, -0.05) is 57.2 Å². The van der Waals surface area contributed by atoms with Gasteiger partial charge in [-0.3, -0.25) is 9.59 Å². The Balaban J connectivity index is 1.80. The van der Waals surface area contributed by atoms with Crippen molar-refractivity contribution in [3.63, 3.8) is 0 Å². The number of para-hydroxylation sites is 2. The van der Waals surface area contributed by atoms with Gasteiger partial charge in [-0.05, 0) is 48.4 Å². The molecule has 1 unspecified atom stereocenters. The summed E-state index contributed by atoms with van der Waals surface area (Å²) in [5.41, 5.74) is 5.66. The van der Waals surface area contributed by atoms with Gasteiger partial charge in [0.25, 0.3) is 5.91 Å². The normalized spacial score (nSPS) is 19.7. The first-order chi connectivity index (χ1) is 15.7. The number of Topliss-reactive ketones (excluding diaryl/α,β-unsaturated/α-hetero) is 1. The van der Waals surface area contributed by atoms with Crippen molar-refractivity contribution < 1.29 is 14.3 Å². The molecule has 1 amide bonds. The van der Waals surface area contributed by atoms with Gasteiger partial charge in [-0.15, -0.1) is 0 Å². The van der Waals surface area contributed by atoms with Crippen LogP contribution < -0.4 is 15.4 Å². The molecule has 0 saturated heterocycles. The van der Waals surface area contributed by atoms with Crippen LogP contribution in [0.1, 0.15) is 57.6 Å². The van der Waals surface area contributed by atoms with Gasteiger partial charge in [-0.2, -0.15) is 0 Å². The molecule has 2 aromatic carbocycles. The van der Waals surface area contributed by atoms with Gasteiger partial charge in [0.2, 0.25) is 0 Å². The number of carbonyl (C=O) groups excluding carboxylic acids is 2. The summed E-state index contributed by atoms with van der Waals surface area (Å²) in [5.74, 6) is 0.0456. The number of nitrogens with one attached hydrogen (secondary N) is 2. The van der Waals surface area contributed by atoms with E-state index in [0.29, 0.717) is 29.0 Å². The molecule has 0 aromatic heterocycles. The Morgan fingerprint density at radius 1 is 1.12 bits per heavy atom. The topological polar surface area (TPSA) is 67.4 Å². The number of aryl methyl sites for hydroxylation is 1. The third kappa shape index (κ3) is 4.45. The van der Waals surface area contributed by atoms with Crippen LogP contribution in [0, 0.1) is 5.41 Å². The molecule has 4 rings (SSSR count). The molecule has 0 spiro atoms. The minimum absolute atomic E-state index is 0.105. The molecule has 172 valence electrons. The molecule has 1 atom stereocenters. The number of methoxy groups -OCH3 is 1. The predicted octanol–water partition coefficient (Wildman–Crippen LogP) is 5.50. The molecule has 0 fully saturated rings. The first-order valence-corrected chi connectivity index (χ1v) is 11.5. The van der Waals surface area contributed by atoms with Crippen molar-refractivity contribution in [2.75, 3.05) is 12.4 Å². The highest BCUT2D eigenvalue weighted by molar-refractivity contribution is 6.10. The number of rotatable bonds is 5. The van der Waals surface area contributed by atoms with E-state index in [2.05, 4.69) is 55.7 Å². The lowest BCUT2D eigenvalue weighted by atomic mass is 9.68. The van der Waals surface area contributed by atoms with Crippen molar-refractivity contribution in [2.24, 2.45) is 5.41 Å². The molecule has 0 saturated carbocycles. The van der Waals surface area contributed by atoms with Crippen LogP contribution in [-0.4, -0.2) is 18.8 Å². The molecule has 1 aliphatic carbocycles. The van der Waals surface area contributed by atoms with Crippen LogP contribution in [0.5, 0.6) is 5.75 Å². The number of ether oxygens (including phenoxy) is 1. The molecule has 5 nitrogen and oxygen atoms in total. The van der Waals surface area contributed by atoms with Crippen molar-refractivity contribution in [1.29, 1.82) is 0 Å². The average molecular weight is 445 g/mol. The fourth-order valence-corrected chi connectivity index (χ4v) is 4.95. The zero-order chi connectivity index (χ0) is 23.8. The number of amides is 1. The van der Waals surface area contributed by atoms with E-state index in [9.17, 15) is 9.59 Å². The molecular weight excluding hydrogens is 412 g/mol. The van der Waals surface area contributed by atoms with Crippen molar-refractivity contribution in [3.8, 4) is 5.75 Å². The highest BCUT2D eigenvalue weighted by Gasteiger charge is 2.42. The van der Waals surface area contributed by atoms with E-state index in [1.165, 1.54) is 5.56 Å². The SMILES string of the molecule is CCc1ccc(C2C(C(=O)Nc3ccccc3OC)=C(C)NC3=C2C(=O)CC(C)(C)C3)cc1. The van der Waals surface area contributed by atoms with Crippen molar-refractivity contribution in [1.82, 2.24) is 5.32 Å². The van der Waals surface area contributed by atoms with Gasteiger partial charge in [0.1, 0.15) is 5.75 Å². The Hall–Kier alpha value is -3.34. The Morgan fingerprint density at radius 3 is 2.48 bits per heavy atom. The summed E-state index contributed by atoms with van der Waals surface area (Å²) in [6, 6.07) is 15.6. The van der Waals surface area contributed by atoms with E-state index in [1.54, 1.807) is 7.11 Å². The van der Waals surface area contributed by atoms with E-state index < -0.39 is 5.92 Å². The van der Waals surface area contributed by atoms with E-state index in [4.69, 9.17) is 4.74 Å². The lowest BCUT2D eigenvalue weighted by Gasteiger charge is -2.39. The largest absolute Gasteiger partial charge is 0.495 e. The molecule has 1 aliphatic heterocycles. The van der Waals surface area contributed by atoms with Gasteiger partial charge >= 0.3 is 0 Å². The average Bonchev–Trinajstić information content (AvgIpc) is 2.77. The van der Waals surface area contributed by atoms with Gasteiger partial charge in [0.05, 0.1) is 12.8 Å². The maximum Gasteiger partial charge on any atom is 0.254 e. The number of hydrogen-bond acceptors (Lipinski definition) is 4. The zero-order valence-electron chi connectivity index (χ0n) is 20.0. The minimum atomic E-state index is -0.412.